The SMILES string of the molecule is O=C(O)CCCCCCCCCCCCCCc1ccccc1I. The van der Waals surface area contributed by atoms with Gasteiger partial charge in [0, 0.05) is 9.99 Å². The smallest absolute Gasteiger partial charge is 0.303 e. The van der Waals surface area contributed by atoms with Gasteiger partial charge < -0.3 is 5.11 Å². The number of carboxylic acids is 1. The Morgan fingerprint density at radius 2 is 1.21 bits per heavy atom. The van der Waals surface area contributed by atoms with Crippen molar-refractivity contribution in [1.82, 2.24) is 0 Å². The Labute approximate surface area is 161 Å². The Morgan fingerprint density at radius 1 is 0.750 bits per heavy atom. The van der Waals surface area contributed by atoms with E-state index in [4.69, 9.17) is 5.11 Å². The summed E-state index contributed by atoms with van der Waals surface area (Å²) in [5.41, 5.74) is 1.50. The van der Waals surface area contributed by atoms with Crippen LogP contribution in [0, 0.1) is 3.57 Å². The summed E-state index contributed by atoms with van der Waals surface area (Å²) in [4.78, 5) is 10.4. The molecule has 0 aliphatic rings. The van der Waals surface area contributed by atoms with Crippen molar-refractivity contribution in [3.8, 4) is 0 Å². The molecule has 0 aliphatic carbocycles. The van der Waals surface area contributed by atoms with Crippen LogP contribution in [-0.2, 0) is 11.2 Å². The fourth-order valence-electron chi connectivity index (χ4n) is 3.06. The lowest BCUT2D eigenvalue weighted by atomic mass is 10.0. The van der Waals surface area contributed by atoms with E-state index in [2.05, 4.69) is 46.9 Å². The van der Waals surface area contributed by atoms with Gasteiger partial charge in [0.2, 0.25) is 0 Å². The van der Waals surface area contributed by atoms with Crippen molar-refractivity contribution in [3.05, 3.63) is 33.4 Å². The third-order valence-electron chi connectivity index (χ3n) is 4.54. The van der Waals surface area contributed by atoms with E-state index in [9.17, 15) is 4.79 Å². The van der Waals surface area contributed by atoms with E-state index in [0.717, 1.165) is 12.8 Å². The number of halogens is 1. The normalized spacial score (nSPS) is 10.9. The van der Waals surface area contributed by atoms with E-state index in [-0.39, 0.29) is 0 Å². The summed E-state index contributed by atoms with van der Waals surface area (Å²) in [5, 5.41) is 8.56. The van der Waals surface area contributed by atoms with Crippen LogP contribution in [-0.4, -0.2) is 11.1 Å². The zero-order valence-electron chi connectivity index (χ0n) is 14.9. The van der Waals surface area contributed by atoms with Gasteiger partial charge in [-0.15, -0.1) is 0 Å². The van der Waals surface area contributed by atoms with Gasteiger partial charge in [0.1, 0.15) is 0 Å². The maximum Gasteiger partial charge on any atom is 0.303 e. The molecule has 1 aromatic carbocycles. The second-order valence-electron chi connectivity index (χ2n) is 6.73. The Hall–Kier alpha value is -0.580. The summed E-state index contributed by atoms with van der Waals surface area (Å²) in [6.45, 7) is 0. The number of hydrogen-bond donors (Lipinski definition) is 1. The number of hydrogen-bond acceptors (Lipinski definition) is 1. The van der Waals surface area contributed by atoms with Crippen molar-refractivity contribution < 1.29 is 9.90 Å². The van der Waals surface area contributed by atoms with Crippen LogP contribution in [0.2, 0.25) is 0 Å². The predicted molar refractivity (Wildman–Crippen MR) is 111 cm³/mol. The van der Waals surface area contributed by atoms with Crippen LogP contribution in [0.4, 0.5) is 0 Å². The number of aliphatic carboxylic acids is 1. The van der Waals surface area contributed by atoms with Crippen molar-refractivity contribution in [2.45, 2.75) is 89.9 Å². The largest absolute Gasteiger partial charge is 0.481 e. The minimum Gasteiger partial charge on any atom is -0.481 e. The molecule has 0 bridgehead atoms. The molecule has 2 nitrogen and oxygen atoms in total. The van der Waals surface area contributed by atoms with Crippen molar-refractivity contribution in [1.29, 1.82) is 0 Å². The van der Waals surface area contributed by atoms with Crippen LogP contribution in [0.3, 0.4) is 0 Å². The van der Waals surface area contributed by atoms with E-state index in [0.29, 0.717) is 6.42 Å². The molecule has 1 aromatic rings. The van der Waals surface area contributed by atoms with Crippen LogP contribution < -0.4 is 0 Å². The van der Waals surface area contributed by atoms with E-state index in [1.807, 2.05) is 0 Å². The highest BCUT2D eigenvalue weighted by molar-refractivity contribution is 14.1. The standard InChI is InChI=1S/C21H33IO2/c22-20-17-14-13-16-19(20)15-11-9-7-5-3-1-2-4-6-8-10-12-18-21(23)24/h13-14,16-17H,1-12,15,18H2,(H,23,24). The van der Waals surface area contributed by atoms with Gasteiger partial charge in [0.15, 0.2) is 0 Å². The third-order valence-corrected chi connectivity index (χ3v) is 5.60. The molecular weight excluding hydrogens is 411 g/mol. The lowest BCUT2D eigenvalue weighted by molar-refractivity contribution is -0.137. The molecular formula is C21H33IO2. The molecule has 0 aromatic heterocycles. The van der Waals surface area contributed by atoms with Crippen LogP contribution in [0.5, 0.6) is 0 Å². The van der Waals surface area contributed by atoms with Crippen LogP contribution >= 0.6 is 22.6 Å². The molecule has 0 spiro atoms. The summed E-state index contributed by atoms with van der Waals surface area (Å²) < 4.78 is 1.40. The number of rotatable bonds is 15. The molecule has 1 rings (SSSR count). The number of unbranched alkanes of at least 4 members (excludes halogenated alkanes) is 11. The van der Waals surface area contributed by atoms with Gasteiger partial charge in [0.25, 0.3) is 0 Å². The number of benzene rings is 1. The van der Waals surface area contributed by atoms with Gasteiger partial charge in [-0.05, 0) is 53.5 Å². The number of carbonyl (C=O) groups is 1. The molecule has 0 fully saturated rings. The Morgan fingerprint density at radius 3 is 1.71 bits per heavy atom. The Kier molecular flexibility index (Phi) is 13.2. The van der Waals surface area contributed by atoms with Crippen molar-refractivity contribution in [3.63, 3.8) is 0 Å². The highest BCUT2D eigenvalue weighted by Gasteiger charge is 1.99. The van der Waals surface area contributed by atoms with Gasteiger partial charge in [-0.25, -0.2) is 0 Å². The topological polar surface area (TPSA) is 37.3 Å². The van der Waals surface area contributed by atoms with Crippen LogP contribution in [0.1, 0.15) is 89.0 Å². The first-order chi connectivity index (χ1) is 11.7. The average molecular weight is 444 g/mol. The molecule has 0 unspecified atom stereocenters. The minimum absolute atomic E-state index is 0.337. The van der Waals surface area contributed by atoms with Gasteiger partial charge in [0.05, 0.1) is 0 Å². The zero-order chi connectivity index (χ0) is 17.5. The molecule has 24 heavy (non-hydrogen) atoms. The second-order valence-corrected chi connectivity index (χ2v) is 7.89. The summed E-state index contributed by atoms with van der Waals surface area (Å²) in [5.74, 6) is -0.659. The fourth-order valence-corrected chi connectivity index (χ4v) is 3.72. The average Bonchev–Trinajstić information content (AvgIpc) is 2.56. The molecule has 0 amide bonds. The maximum atomic E-state index is 10.4. The first kappa shape index (κ1) is 21.5. The monoisotopic (exact) mass is 444 g/mol. The summed E-state index contributed by atoms with van der Waals surface area (Å²) in [6.07, 6.45) is 16.8. The quantitative estimate of drug-likeness (QED) is 0.234. The first-order valence-corrected chi connectivity index (χ1v) is 10.7. The van der Waals surface area contributed by atoms with Crippen LogP contribution in [0.25, 0.3) is 0 Å². The highest BCUT2D eigenvalue weighted by Crippen LogP contribution is 2.16. The molecule has 0 aliphatic heterocycles. The third kappa shape index (κ3) is 11.9. The molecule has 0 atom stereocenters. The van der Waals surface area contributed by atoms with Crippen molar-refractivity contribution >= 4 is 28.6 Å². The summed E-state index contributed by atoms with van der Waals surface area (Å²) in [6, 6.07) is 8.70. The van der Waals surface area contributed by atoms with E-state index in [1.54, 1.807) is 0 Å². The first-order valence-electron chi connectivity index (χ1n) is 9.65. The Bertz CT molecular complexity index is 445. The van der Waals surface area contributed by atoms with Gasteiger partial charge in [-0.3, -0.25) is 4.79 Å². The molecule has 1 N–H and O–H groups in total. The second kappa shape index (κ2) is 14.7. The lowest BCUT2D eigenvalue weighted by Gasteiger charge is -2.05. The van der Waals surface area contributed by atoms with E-state index < -0.39 is 5.97 Å². The summed E-state index contributed by atoms with van der Waals surface area (Å²) in [7, 11) is 0. The molecule has 136 valence electrons. The molecule has 0 radical (unpaired) electrons. The maximum absolute atomic E-state index is 10.4. The minimum atomic E-state index is -0.659. The molecule has 0 heterocycles. The Balaban J connectivity index is 1.79. The fraction of sp³-hybridized carbons (Fsp3) is 0.667. The van der Waals surface area contributed by atoms with E-state index >= 15 is 0 Å². The predicted octanol–water partition coefficient (Wildman–Crippen LogP) is 6.99. The highest BCUT2D eigenvalue weighted by atomic mass is 127. The van der Waals surface area contributed by atoms with Crippen molar-refractivity contribution in [2.24, 2.45) is 0 Å². The lowest BCUT2D eigenvalue weighted by Crippen LogP contribution is -1.93. The van der Waals surface area contributed by atoms with Gasteiger partial charge in [-0.2, -0.15) is 0 Å². The molecule has 0 saturated heterocycles. The molecule has 0 saturated carbocycles. The van der Waals surface area contributed by atoms with Gasteiger partial charge in [-0.1, -0.05) is 82.4 Å². The zero-order valence-corrected chi connectivity index (χ0v) is 17.1. The van der Waals surface area contributed by atoms with Gasteiger partial charge >= 0.3 is 5.97 Å². The van der Waals surface area contributed by atoms with Crippen molar-refractivity contribution in [2.75, 3.05) is 0 Å². The van der Waals surface area contributed by atoms with E-state index in [1.165, 1.54) is 79.8 Å². The number of aryl methyl sites for hydroxylation is 1. The number of carboxylic acid groups (broad SMARTS) is 1. The van der Waals surface area contributed by atoms with Crippen LogP contribution in [0.15, 0.2) is 24.3 Å². The molecule has 3 heteroatoms. The summed E-state index contributed by atoms with van der Waals surface area (Å²) >= 11 is 2.43.